The zero-order chi connectivity index (χ0) is 25.5. The van der Waals surface area contributed by atoms with Crippen molar-refractivity contribution in [3.63, 3.8) is 0 Å². The van der Waals surface area contributed by atoms with Crippen LogP contribution < -0.4 is 5.73 Å². The quantitative estimate of drug-likeness (QED) is 0.0904. The van der Waals surface area contributed by atoms with Gasteiger partial charge in [-0.15, -0.1) is 0 Å². The van der Waals surface area contributed by atoms with Gasteiger partial charge in [0.25, 0.3) is 0 Å². The van der Waals surface area contributed by atoms with Crippen molar-refractivity contribution in [1.82, 2.24) is 0 Å². The fraction of sp³-hybridized carbons (Fsp3) is 0.750. The molecule has 0 aromatic carbocycles. The SMILES string of the molecule is CCC/C=C\C/C=C\CCCCCCCC(=O)OC(COC(=O)CC)COP(=O)(O)OCCN. The molecule has 0 rings (SSSR count). The second kappa shape index (κ2) is 22.0. The summed E-state index contributed by atoms with van der Waals surface area (Å²) in [5.41, 5.74) is 5.23. The second-order valence-corrected chi connectivity index (χ2v) is 9.26. The van der Waals surface area contributed by atoms with Crippen LogP contribution in [-0.4, -0.2) is 49.3 Å². The van der Waals surface area contributed by atoms with E-state index < -0.39 is 32.5 Å². The first-order valence-electron chi connectivity index (χ1n) is 12.3. The maximum absolute atomic E-state index is 12.2. The number of ether oxygens (including phenoxy) is 2. The zero-order valence-corrected chi connectivity index (χ0v) is 21.7. The standard InChI is InChI=1S/C24H44NO8P/c1-3-5-6-7-8-9-10-11-12-13-14-15-16-17-24(27)33-22(20-30-23(26)4-2)21-32-34(28,29)31-19-18-25/h6-7,9-10,22H,3-5,8,11-21,25H2,1-2H3,(H,28,29)/b7-6-,10-9-. The number of nitrogens with two attached hydrogens (primary N) is 1. The summed E-state index contributed by atoms with van der Waals surface area (Å²) in [6.07, 6.45) is 17.4. The molecule has 9 nitrogen and oxygen atoms in total. The fourth-order valence-electron chi connectivity index (χ4n) is 2.77. The Kier molecular flexibility index (Phi) is 21.0. The Hall–Kier alpha value is -1.51. The number of phosphoric acid groups is 1. The Bertz CT molecular complexity index is 638. The van der Waals surface area contributed by atoms with Crippen LogP contribution in [0.2, 0.25) is 0 Å². The highest BCUT2D eigenvalue weighted by atomic mass is 31.2. The average Bonchev–Trinajstić information content (AvgIpc) is 2.82. The smallest absolute Gasteiger partial charge is 0.462 e. The highest BCUT2D eigenvalue weighted by molar-refractivity contribution is 7.47. The number of carbonyl (C=O) groups excluding carboxylic acids is 2. The number of hydrogen-bond donors (Lipinski definition) is 2. The van der Waals surface area contributed by atoms with Gasteiger partial charge in [0.05, 0.1) is 13.2 Å². The molecular formula is C24H44NO8P. The Balaban J connectivity index is 4.13. The highest BCUT2D eigenvalue weighted by Gasteiger charge is 2.25. The summed E-state index contributed by atoms with van der Waals surface area (Å²) in [5.74, 6) is -0.953. The van der Waals surface area contributed by atoms with Crippen molar-refractivity contribution < 1.29 is 37.6 Å². The molecule has 2 unspecified atom stereocenters. The molecule has 0 aliphatic rings. The van der Waals surface area contributed by atoms with Crippen molar-refractivity contribution in [1.29, 1.82) is 0 Å². The summed E-state index contributed by atoms with van der Waals surface area (Å²) in [4.78, 5) is 33.1. The van der Waals surface area contributed by atoms with Gasteiger partial charge in [-0.3, -0.25) is 18.6 Å². The largest absolute Gasteiger partial charge is 0.472 e. The predicted octanol–water partition coefficient (Wildman–Crippen LogP) is 4.98. The van der Waals surface area contributed by atoms with Crippen molar-refractivity contribution in [2.24, 2.45) is 5.73 Å². The molecule has 0 saturated carbocycles. The van der Waals surface area contributed by atoms with E-state index in [9.17, 15) is 19.0 Å². The number of hydrogen-bond acceptors (Lipinski definition) is 8. The molecule has 0 aliphatic carbocycles. The molecule has 10 heteroatoms. The summed E-state index contributed by atoms with van der Waals surface area (Å²) in [7, 11) is -4.33. The minimum atomic E-state index is -4.33. The van der Waals surface area contributed by atoms with Crippen LogP contribution in [0.4, 0.5) is 0 Å². The average molecular weight is 506 g/mol. The van der Waals surface area contributed by atoms with Crippen LogP contribution >= 0.6 is 7.82 Å². The number of esters is 2. The first-order valence-corrected chi connectivity index (χ1v) is 13.8. The number of allylic oxidation sites excluding steroid dienone is 4. The van der Waals surface area contributed by atoms with E-state index in [1.807, 2.05) is 0 Å². The lowest BCUT2D eigenvalue weighted by Gasteiger charge is -2.19. The van der Waals surface area contributed by atoms with E-state index in [0.717, 1.165) is 44.9 Å². The van der Waals surface area contributed by atoms with Crippen LogP contribution in [0.15, 0.2) is 24.3 Å². The normalized spacial score (nSPS) is 14.4. The third-order valence-corrected chi connectivity index (χ3v) is 5.61. The monoisotopic (exact) mass is 505 g/mol. The number of rotatable bonds is 22. The summed E-state index contributed by atoms with van der Waals surface area (Å²) < 4.78 is 31.5. The van der Waals surface area contributed by atoms with Crippen molar-refractivity contribution in [2.45, 2.75) is 90.6 Å². The fourth-order valence-corrected chi connectivity index (χ4v) is 3.53. The van der Waals surface area contributed by atoms with Gasteiger partial charge in [0.2, 0.25) is 0 Å². The molecule has 2 atom stereocenters. The molecule has 198 valence electrons. The summed E-state index contributed by atoms with van der Waals surface area (Å²) in [6.45, 7) is 2.98. The Labute approximate surface area is 204 Å². The van der Waals surface area contributed by atoms with Gasteiger partial charge in [0.1, 0.15) is 6.61 Å². The van der Waals surface area contributed by atoms with Crippen LogP contribution in [0.25, 0.3) is 0 Å². The zero-order valence-electron chi connectivity index (χ0n) is 20.8. The van der Waals surface area contributed by atoms with Crippen LogP contribution in [0.3, 0.4) is 0 Å². The maximum Gasteiger partial charge on any atom is 0.472 e. The van der Waals surface area contributed by atoms with Crippen LogP contribution in [-0.2, 0) is 32.7 Å². The molecule has 0 fully saturated rings. The van der Waals surface area contributed by atoms with E-state index in [1.54, 1.807) is 6.92 Å². The topological polar surface area (TPSA) is 134 Å². The van der Waals surface area contributed by atoms with E-state index >= 15 is 0 Å². The molecule has 0 amide bonds. The van der Waals surface area contributed by atoms with Gasteiger partial charge in [-0.05, 0) is 32.1 Å². The van der Waals surface area contributed by atoms with Crippen LogP contribution in [0, 0.1) is 0 Å². The summed E-state index contributed by atoms with van der Waals surface area (Å²) in [6, 6.07) is 0. The molecule has 0 aromatic heterocycles. The summed E-state index contributed by atoms with van der Waals surface area (Å²) >= 11 is 0. The van der Waals surface area contributed by atoms with Gasteiger partial charge in [-0.2, -0.15) is 0 Å². The molecule has 0 spiro atoms. The molecule has 0 aromatic rings. The van der Waals surface area contributed by atoms with Gasteiger partial charge in [0, 0.05) is 19.4 Å². The highest BCUT2D eigenvalue weighted by Crippen LogP contribution is 2.43. The molecule has 3 N–H and O–H groups in total. The van der Waals surface area contributed by atoms with E-state index in [1.165, 1.54) is 6.42 Å². The second-order valence-electron chi connectivity index (χ2n) is 7.81. The first-order chi connectivity index (χ1) is 16.3. The molecular weight excluding hydrogens is 461 g/mol. The van der Waals surface area contributed by atoms with E-state index in [2.05, 4.69) is 35.8 Å². The molecule has 34 heavy (non-hydrogen) atoms. The van der Waals surface area contributed by atoms with Crippen molar-refractivity contribution in [3.05, 3.63) is 24.3 Å². The van der Waals surface area contributed by atoms with Crippen LogP contribution in [0.5, 0.6) is 0 Å². The molecule has 0 saturated heterocycles. The van der Waals surface area contributed by atoms with Crippen molar-refractivity contribution in [2.75, 3.05) is 26.4 Å². The lowest BCUT2D eigenvalue weighted by atomic mass is 10.1. The molecule has 0 radical (unpaired) electrons. The van der Waals surface area contributed by atoms with Crippen molar-refractivity contribution in [3.8, 4) is 0 Å². The Morgan fingerprint density at radius 1 is 0.912 bits per heavy atom. The number of phosphoric ester groups is 1. The number of unbranched alkanes of at least 4 members (excludes halogenated alkanes) is 6. The third-order valence-electron chi connectivity index (χ3n) is 4.63. The minimum absolute atomic E-state index is 0.0495. The molecule has 0 aliphatic heterocycles. The summed E-state index contributed by atoms with van der Waals surface area (Å²) in [5, 5.41) is 0. The van der Waals surface area contributed by atoms with Crippen LogP contribution in [0.1, 0.15) is 84.5 Å². The minimum Gasteiger partial charge on any atom is -0.462 e. The lowest BCUT2D eigenvalue weighted by Crippen LogP contribution is -2.29. The maximum atomic E-state index is 12.2. The first kappa shape index (κ1) is 32.5. The van der Waals surface area contributed by atoms with Gasteiger partial charge in [-0.1, -0.05) is 63.8 Å². The molecule has 0 heterocycles. The van der Waals surface area contributed by atoms with Gasteiger partial charge in [-0.25, -0.2) is 4.57 Å². The number of carbonyl (C=O) groups is 2. The Morgan fingerprint density at radius 2 is 1.59 bits per heavy atom. The van der Waals surface area contributed by atoms with Crippen molar-refractivity contribution >= 4 is 19.8 Å². The van der Waals surface area contributed by atoms with E-state index in [0.29, 0.717) is 6.42 Å². The predicted molar refractivity (Wildman–Crippen MR) is 132 cm³/mol. The van der Waals surface area contributed by atoms with Gasteiger partial charge in [0.15, 0.2) is 6.10 Å². The lowest BCUT2D eigenvalue weighted by molar-refractivity contribution is -0.161. The van der Waals surface area contributed by atoms with Gasteiger partial charge >= 0.3 is 19.8 Å². The third kappa shape index (κ3) is 21.1. The molecule has 0 bridgehead atoms. The van der Waals surface area contributed by atoms with E-state index in [4.69, 9.17) is 19.7 Å². The van der Waals surface area contributed by atoms with E-state index in [-0.39, 0.29) is 32.6 Å². The van der Waals surface area contributed by atoms with Gasteiger partial charge < -0.3 is 20.1 Å². The Morgan fingerprint density at radius 3 is 2.26 bits per heavy atom.